The van der Waals surface area contributed by atoms with Gasteiger partial charge in [-0.05, 0) is 28.3 Å². The Labute approximate surface area is 158 Å². The Morgan fingerprint density at radius 3 is 2.44 bits per heavy atom. The molecule has 1 heterocycles. The number of amides is 1. The van der Waals surface area contributed by atoms with Gasteiger partial charge in [-0.15, -0.1) is 0 Å². The topological polar surface area (TPSA) is 56.2 Å². The van der Waals surface area contributed by atoms with E-state index in [1.165, 1.54) is 22.3 Å². The number of hydrogen-bond acceptors (Lipinski definition) is 3. The third kappa shape index (κ3) is 3.49. The number of imidazole rings is 1. The summed E-state index contributed by atoms with van der Waals surface area (Å²) in [7, 11) is 1.92. The lowest BCUT2D eigenvalue weighted by Gasteiger charge is -2.14. The molecular weight excluding hydrogens is 338 g/mol. The first kappa shape index (κ1) is 17.1. The molecule has 0 bridgehead atoms. The van der Waals surface area contributed by atoms with E-state index >= 15 is 0 Å². The fourth-order valence-electron chi connectivity index (χ4n) is 3.49. The van der Waals surface area contributed by atoms with Crippen molar-refractivity contribution in [3.8, 4) is 11.1 Å². The quantitative estimate of drug-likeness (QED) is 0.750. The number of carbonyl (C=O) groups is 1. The highest BCUT2D eigenvalue weighted by Crippen LogP contribution is 2.44. The smallest absolute Gasteiger partial charge is 0.407 e. The van der Waals surface area contributed by atoms with Crippen LogP contribution < -0.4 is 5.32 Å². The predicted molar refractivity (Wildman–Crippen MR) is 105 cm³/mol. The standard InChI is InChI=1S/C22H21N3O2/c1-25-14-13-23-21(25)11-6-12-24-22(26)27-15-20-18-9-4-2-7-16(18)17-8-3-5-10-19(17)20/h2-11,13-14,20H,12,15H2,1H3,(H,24,26). The van der Waals surface area contributed by atoms with Gasteiger partial charge in [0.05, 0.1) is 0 Å². The normalized spacial score (nSPS) is 12.8. The number of aromatic nitrogens is 2. The van der Waals surface area contributed by atoms with Crippen molar-refractivity contribution in [3.63, 3.8) is 0 Å². The number of nitrogens with one attached hydrogen (secondary N) is 1. The van der Waals surface area contributed by atoms with Crippen LogP contribution in [0.3, 0.4) is 0 Å². The number of ether oxygens (including phenoxy) is 1. The van der Waals surface area contributed by atoms with Crippen LogP contribution in [0.2, 0.25) is 0 Å². The Kier molecular flexibility index (Phi) is 4.75. The maximum absolute atomic E-state index is 12.1. The molecule has 1 amide bonds. The number of alkyl carbamates (subject to hydrolysis) is 1. The Hall–Kier alpha value is -3.34. The van der Waals surface area contributed by atoms with E-state index in [2.05, 4.69) is 34.6 Å². The Balaban J connectivity index is 1.35. The second kappa shape index (κ2) is 7.50. The zero-order valence-corrected chi connectivity index (χ0v) is 15.1. The maximum atomic E-state index is 12.1. The van der Waals surface area contributed by atoms with Gasteiger partial charge in [-0.1, -0.05) is 54.6 Å². The summed E-state index contributed by atoms with van der Waals surface area (Å²) in [5, 5.41) is 2.75. The Morgan fingerprint density at radius 2 is 1.81 bits per heavy atom. The van der Waals surface area contributed by atoms with Gasteiger partial charge >= 0.3 is 6.09 Å². The number of fused-ring (bicyclic) bond motifs is 3. The largest absolute Gasteiger partial charge is 0.449 e. The van der Waals surface area contributed by atoms with Crippen LogP contribution in [0, 0.1) is 0 Å². The van der Waals surface area contributed by atoms with Crippen molar-refractivity contribution in [2.75, 3.05) is 13.2 Å². The van der Waals surface area contributed by atoms with Gasteiger partial charge in [0.15, 0.2) is 0 Å². The molecule has 0 aliphatic heterocycles. The number of nitrogens with zero attached hydrogens (tertiary/aromatic N) is 2. The first-order valence-corrected chi connectivity index (χ1v) is 8.97. The minimum atomic E-state index is -0.415. The van der Waals surface area contributed by atoms with Gasteiger partial charge in [0.25, 0.3) is 0 Å². The summed E-state index contributed by atoms with van der Waals surface area (Å²) in [6.45, 7) is 0.715. The minimum absolute atomic E-state index is 0.0752. The van der Waals surface area contributed by atoms with E-state index in [1.54, 1.807) is 6.20 Å². The predicted octanol–water partition coefficient (Wildman–Crippen LogP) is 3.97. The van der Waals surface area contributed by atoms with Crippen molar-refractivity contribution in [2.45, 2.75) is 5.92 Å². The molecule has 0 saturated heterocycles. The maximum Gasteiger partial charge on any atom is 0.407 e. The van der Waals surface area contributed by atoms with E-state index in [1.807, 2.05) is 54.2 Å². The van der Waals surface area contributed by atoms with Crippen molar-refractivity contribution in [3.05, 3.63) is 84.0 Å². The number of benzene rings is 2. The number of hydrogen-bond donors (Lipinski definition) is 1. The van der Waals surface area contributed by atoms with E-state index in [-0.39, 0.29) is 5.92 Å². The lowest BCUT2D eigenvalue weighted by Crippen LogP contribution is -2.26. The van der Waals surface area contributed by atoms with Crippen molar-refractivity contribution in [1.82, 2.24) is 14.9 Å². The van der Waals surface area contributed by atoms with Crippen LogP contribution in [0.25, 0.3) is 17.2 Å². The summed E-state index contributed by atoms with van der Waals surface area (Å²) in [6.07, 6.45) is 6.91. The van der Waals surface area contributed by atoms with Gasteiger partial charge < -0.3 is 14.6 Å². The molecule has 27 heavy (non-hydrogen) atoms. The van der Waals surface area contributed by atoms with Crippen LogP contribution in [0.4, 0.5) is 4.79 Å². The first-order chi connectivity index (χ1) is 13.2. The average Bonchev–Trinajstić information content (AvgIpc) is 3.25. The first-order valence-electron chi connectivity index (χ1n) is 8.97. The highest BCUT2D eigenvalue weighted by Gasteiger charge is 2.28. The van der Waals surface area contributed by atoms with Gasteiger partial charge in [-0.25, -0.2) is 9.78 Å². The minimum Gasteiger partial charge on any atom is -0.449 e. The van der Waals surface area contributed by atoms with Gasteiger partial charge in [-0.2, -0.15) is 0 Å². The number of aryl methyl sites for hydroxylation is 1. The van der Waals surface area contributed by atoms with Crippen LogP contribution >= 0.6 is 0 Å². The molecule has 0 unspecified atom stereocenters. The molecule has 2 aromatic carbocycles. The molecule has 3 aromatic rings. The Bertz CT molecular complexity index is 945. The molecule has 4 rings (SSSR count). The number of rotatable bonds is 5. The van der Waals surface area contributed by atoms with Crippen molar-refractivity contribution in [2.24, 2.45) is 7.05 Å². The molecule has 1 aliphatic carbocycles. The average molecular weight is 359 g/mol. The molecular formula is C22H21N3O2. The van der Waals surface area contributed by atoms with Crippen LogP contribution in [0.15, 0.2) is 67.0 Å². The second-order valence-electron chi connectivity index (χ2n) is 6.51. The van der Waals surface area contributed by atoms with E-state index < -0.39 is 6.09 Å². The third-order valence-corrected chi connectivity index (χ3v) is 4.83. The zero-order chi connectivity index (χ0) is 18.6. The van der Waals surface area contributed by atoms with Gasteiger partial charge in [-0.3, -0.25) is 0 Å². The van der Waals surface area contributed by atoms with E-state index in [0.29, 0.717) is 13.2 Å². The second-order valence-corrected chi connectivity index (χ2v) is 6.51. The number of carbonyl (C=O) groups excluding carboxylic acids is 1. The highest BCUT2D eigenvalue weighted by molar-refractivity contribution is 5.79. The summed E-state index contributed by atoms with van der Waals surface area (Å²) in [4.78, 5) is 16.3. The van der Waals surface area contributed by atoms with E-state index in [0.717, 1.165) is 5.82 Å². The zero-order valence-electron chi connectivity index (χ0n) is 15.1. The van der Waals surface area contributed by atoms with Crippen LogP contribution in [-0.2, 0) is 11.8 Å². The Morgan fingerprint density at radius 1 is 1.15 bits per heavy atom. The molecule has 5 heteroatoms. The van der Waals surface area contributed by atoms with Crippen molar-refractivity contribution < 1.29 is 9.53 Å². The molecule has 5 nitrogen and oxygen atoms in total. The molecule has 1 N–H and O–H groups in total. The summed E-state index contributed by atoms with van der Waals surface area (Å²) < 4.78 is 7.40. The van der Waals surface area contributed by atoms with Gasteiger partial charge in [0.1, 0.15) is 12.4 Å². The van der Waals surface area contributed by atoms with Gasteiger partial charge in [0.2, 0.25) is 0 Å². The lowest BCUT2D eigenvalue weighted by molar-refractivity contribution is 0.144. The SMILES string of the molecule is Cn1ccnc1C=CCNC(=O)OCC1c2ccccc2-c2ccccc21. The molecule has 0 spiro atoms. The fraction of sp³-hybridized carbons (Fsp3) is 0.182. The molecule has 136 valence electrons. The van der Waals surface area contributed by atoms with Crippen LogP contribution in [0.5, 0.6) is 0 Å². The fourth-order valence-corrected chi connectivity index (χ4v) is 3.49. The summed E-state index contributed by atoms with van der Waals surface area (Å²) in [6, 6.07) is 16.6. The van der Waals surface area contributed by atoms with Crippen molar-refractivity contribution >= 4 is 12.2 Å². The van der Waals surface area contributed by atoms with Crippen molar-refractivity contribution in [1.29, 1.82) is 0 Å². The van der Waals surface area contributed by atoms with E-state index in [4.69, 9.17) is 4.74 Å². The summed E-state index contributed by atoms with van der Waals surface area (Å²) in [5.41, 5.74) is 4.86. The lowest BCUT2D eigenvalue weighted by atomic mass is 9.98. The highest BCUT2D eigenvalue weighted by atomic mass is 16.5. The molecule has 0 atom stereocenters. The monoisotopic (exact) mass is 359 g/mol. The molecule has 0 radical (unpaired) electrons. The molecule has 0 saturated carbocycles. The molecule has 1 aromatic heterocycles. The molecule has 1 aliphatic rings. The summed E-state index contributed by atoms with van der Waals surface area (Å²) >= 11 is 0. The van der Waals surface area contributed by atoms with Gasteiger partial charge in [0, 0.05) is 31.9 Å². The van der Waals surface area contributed by atoms with Crippen LogP contribution in [-0.4, -0.2) is 28.8 Å². The van der Waals surface area contributed by atoms with E-state index in [9.17, 15) is 4.79 Å². The molecule has 0 fully saturated rings. The summed E-state index contributed by atoms with van der Waals surface area (Å²) in [5.74, 6) is 0.913. The third-order valence-electron chi connectivity index (χ3n) is 4.83. The van der Waals surface area contributed by atoms with Crippen LogP contribution in [0.1, 0.15) is 22.9 Å².